The molecule has 2 atom stereocenters. The second-order valence-corrected chi connectivity index (χ2v) is 6.89. The maximum absolute atomic E-state index is 10.6. The van der Waals surface area contributed by atoms with Gasteiger partial charge in [0.1, 0.15) is 18.5 Å². The van der Waals surface area contributed by atoms with Crippen LogP contribution in [0.5, 0.6) is 5.75 Å². The summed E-state index contributed by atoms with van der Waals surface area (Å²) in [6, 6.07) is 12.8. The maximum Gasteiger partial charge on any atom is 0.125 e. The average Bonchev–Trinajstić information content (AvgIpc) is 2.76. The van der Waals surface area contributed by atoms with Crippen molar-refractivity contribution in [2.24, 2.45) is 0 Å². The van der Waals surface area contributed by atoms with Crippen LogP contribution in [0.1, 0.15) is 62.5 Å². The van der Waals surface area contributed by atoms with E-state index in [0.717, 1.165) is 24.8 Å². The van der Waals surface area contributed by atoms with Crippen LogP contribution in [0.15, 0.2) is 66.0 Å². The maximum atomic E-state index is 10.6. The molecule has 0 amide bonds. The third kappa shape index (κ3) is 7.84. The van der Waals surface area contributed by atoms with E-state index in [1.165, 1.54) is 0 Å². The van der Waals surface area contributed by atoms with Gasteiger partial charge in [0.25, 0.3) is 0 Å². The van der Waals surface area contributed by atoms with Gasteiger partial charge in [-0.1, -0.05) is 37.6 Å². The summed E-state index contributed by atoms with van der Waals surface area (Å²) in [5, 5.41) is 30.0. The van der Waals surface area contributed by atoms with E-state index in [9.17, 15) is 10.2 Å². The Morgan fingerprint density at radius 3 is 2.66 bits per heavy atom. The minimum Gasteiger partial charge on any atom is -0.491 e. The van der Waals surface area contributed by atoms with Gasteiger partial charge < -0.3 is 20.1 Å². The average molecular weight is 398 g/mol. The molecule has 5 nitrogen and oxygen atoms in total. The molecule has 0 fully saturated rings. The lowest BCUT2D eigenvalue weighted by Gasteiger charge is -2.14. The molecule has 0 radical (unpaired) electrons. The SMILES string of the molecule is CCCCC(=C=CC[C@@H](O)c1ccccc1OCCO)C[C@@H](O)c1ccccn1. The summed E-state index contributed by atoms with van der Waals surface area (Å²) < 4.78 is 5.50. The number of aliphatic hydroxyl groups excluding tert-OH is 3. The van der Waals surface area contributed by atoms with Crippen molar-refractivity contribution in [3.63, 3.8) is 0 Å². The zero-order chi connectivity index (χ0) is 20.9. The van der Waals surface area contributed by atoms with Crippen molar-refractivity contribution in [3.8, 4) is 5.75 Å². The minimum absolute atomic E-state index is 0.0769. The van der Waals surface area contributed by atoms with Crippen molar-refractivity contribution in [3.05, 3.63) is 77.3 Å². The second kappa shape index (κ2) is 12.9. The topological polar surface area (TPSA) is 82.8 Å². The summed E-state index contributed by atoms with van der Waals surface area (Å²) in [4.78, 5) is 4.22. The lowest BCUT2D eigenvalue weighted by Crippen LogP contribution is -2.06. The second-order valence-electron chi connectivity index (χ2n) is 6.89. The Hall–Kier alpha value is -2.43. The number of para-hydroxylation sites is 1. The molecule has 3 N–H and O–H groups in total. The lowest BCUT2D eigenvalue weighted by atomic mass is 10.00. The molecule has 0 bridgehead atoms. The normalized spacial score (nSPS) is 12.7. The van der Waals surface area contributed by atoms with Gasteiger partial charge in [-0.25, -0.2) is 0 Å². The number of benzene rings is 1. The molecule has 0 spiro atoms. The fraction of sp³-hybridized carbons (Fsp3) is 0.417. The summed E-state index contributed by atoms with van der Waals surface area (Å²) in [6.07, 6.45) is 5.89. The highest BCUT2D eigenvalue weighted by Gasteiger charge is 2.13. The Bertz CT molecular complexity index is 784. The van der Waals surface area contributed by atoms with Crippen LogP contribution >= 0.6 is 0 Å². The van der Waals surface area contributed by atoms with Gasteiger partial charge in [0.05, 0.1) is 18.4 Å². The lowest BCUT2D eigenvalue weighted by molar-refractivity contribution is 0.166. The third-order valence-electron chi connectivity index (χ3n) is 4.58. The molecule has 1 aromatic carbocycles. The summed E-state index contributed by atoms with van der Waals surface area (Å²) in [7, 11) is 0. The number of ether oxygens (including phenoxy) is 1. The van der Waals surface area contributed by atoms with Gasteiger partial charge in [-0.05, 0) is 42.7 Å². The smallest absolute Gasteiger partial charge is 0.125 e. The summed E-state index contributed by atoms with van der Waals surface area (Å²) in [6.45, 7) is 2.24. The highest BCUT2D eigenvalue weighted by molar-refractivity contribution is 5.35. The van der Waals surface area contributed by atoms with Crippen LogP contribution in [0.2, 0.25) is 0 Å². The summed E-state index contributed by atoms with van der Waals surface area (Å²) in [5.74, 6) is 0.572. The van der Waals surface area contributed by atoms with Crippen LogP contribution in [-0.4, -0.2) is 33.5 Å². The molecule has 1 aromatic heterocycles. The molecule has 5 heteroatoms. The zero-order valence-electron chi connectivity index (χ0n) is 17.0. The van der Waals surface area contributed by atoms with Crippen molar-refractivity contribution < 1.29 is 20.1 Å². The fourth-order valence-corrected chi connectivity index (χ4v) is 3.02. The molecule has 2 rings (SSSR count). The van der Waals surface area contributed by atoms with Gasteiger partial charge in [-0.2, -0.15) is 0 Å². The van der Waals surface area contributed by atoms with E-state index in [2.05, 4.69) is 17.6 Å². The number of aliphatic hydroxyl groups is 3. The Balaban J connectivity index is 2.08. The van der Waals surface area contributed by atoms with E-state index in [4.69, 9.17) is 9.84 Å². The van der Waals surface area contributed by atoms with Crippen molar-refractivity contribution in [2.45, 2.75) is 51.2 Å². The monoisotopic (exact) mass is 397 g/mol. The molecule has 0 unspecified atom stereocenters. The zero-order valence-corrected chi connectivity index (χ0v) is 17.0. The molecule has 1 heterocycles. The first-order valence-corrected chi connectivity index (χ1v) is 10.2. The minimum atomic E-state index is -0.731. The van der Waals surface area contributed by atoms with Gasteiger partial charge >= 0.3 is 0 Å². The van der Waals surface area contributed by atoms with Crippen LogP contribution in [0, 0.1) is 0 Å². The first kappa shape index (κ1) is 22.9. The van der Waals surface area contributed by atoms with Crippen LogP contribution in [0.4, 0.5) is 0 Å². The van der Waals surface area contributed by atoms with Crippen LogP contribution in [-0.2, 0) is 0 Å². The molecule has 2 aromatic rings. The van der Waals surface area contributed by atoms with E-state index in [-0.39, 0.29) is 13.2 Å². The van der Waals surface area contributed by atoms with Gasteiger partial charge in [-0.3, -0.25) is 4.98 Å². The number of hydrogen-bond donors (Lipinski definition) is 3. The van der Waals surface area contributed by atoms with E-state index < -0.39 is 12.2 Å². The largest absolute Gasteiger partial charge is 0.491 e. The Labute approximate surface area is 173 Å². The first-order chi connectivity index (χ1) is 14.2. The van der Waals surface area contributed by atoms with Crippen molar-refractivity contribution in [1.29, 1.82) is 0 Å². The molecule has 156 valence electrons. The summed E-state index contributed by atoms with van der Waals surface area (Å²) >= 11 is 0. The predicted octanol–water partition coefficient (Wildman–Crippen LogP) is 4.27. The Morgan fingerprint density at radius 1 is 1.14 bits per heavy atom. The van der Waals surface area contributed by atoms with Gasteiger partial charge in [-0.15, -0.1) is 5.73 Å². The molecule has 0 saturated carbocycles. The van der Waals surface area contributed by atoms with Gasteiger partial charge in [0.15, 0.2) is 0 Å². The van der Waals surface area contributed by atoms with Gasteiger partial charge in [0.2, 0.25) is 0 Å². The third-order valence-corrected chi connectivity index (χ3v) is 4.58. The number of aromatic nitrogens is 1. The highest BCUT2D eigenvalue weighted by Crippen LogP contribution is 2.28. The van der Waals surface area contributed by atoms with Crippen molar-refractivity contribution >= 4 is 0 Å². The quantitative estimate of drug-likeness (QED) is 0.466. The highest BCUT2D eigenvalue weighted by atomic mass is 16.5. The molecule has 0 aliphatic rings. The van der Waals surface area contributed by atoms with Crippen molar-refractivity contribution in [1.82, 2.24) is 4.98 Å². The van der Waals surface area contributed by atoms with Crippen molar-refractivity contribution in [2.75, 3.05) is 13.2 Å². The molecular weight excluding hydrogens is 366 g/mol. The Kier molecular flexibility index (Phi) is 10.2. The number of unbranched alkanes of at least 4 members (excludes halogenated alkanes) is 1. The van der Waals surface area contributed by atoms with Crippen LogP contribution in [0.25, 0.3) is 0 Å². The van der Waals surface area contributed by atoms with E-state index in [1.54, 1.807) is 12.3 Å². The number of rotatable bonds is 12. The summed E-state index contributed by atoms with van der Waals surface area (Å²) in [5.41, 5.74) is 5.63. The van der Waals surface area contributed by atoms with Gasteiger partial charge in [0, 0.05) is 24.6 Å². The molecule has 0 aliphatic heterocycles. The number of pyridine rings is 1. The molecule has 0 aliphatic carbocycles. The predicted molar refractivity (Wildman–Crippen MR) is 114 cm³/mol. The molecule has 0 saturated heterocycles. The standard InChI is InChI=1S/C24H31NO4/c1-2-3-9-19(18-23(28)21-12-6-7-15-25-21)10-8-13-22(27)20-11-4-5-14-24(20)29-17-16-26/h4-8,11-12,14-15,22-23,26-28H,2-3,9,13,16-18H2,1H3/t10?,22-,23-/m1/s1. The first-order valence-electron chi connectivity index (χ1n) is 10.2. The van der Waals surface area contributed by atoms with E-state index in [1.807, 2.05) is 42.5 Å². The number of hydrogen-bond acceptors (Lipinski definition) is 5. The molecule has 29 heavy (non-hydrogen) atoms. The fourth-order valence-electron chi connectivity index (χ4n) is 3.02. The van der Waals surface area contributed by atoms with Crippen LogP contribution in [0.3, 0.4) is 0 Å². The van der Waals surface area contributed by atoms with E-state index in [0.29, 0.717) is 29.8 Å². The van der Waals surface area contributed by atoms with Crippen LogP contribution < -0.4 is 4.74 Å². The number of nitrogens with zero attached hydrogens (tertiary/aromatic N) is 1. The molecular formula is C24H31NO4. The van der Waals surface area contributed by atoms with E-state index >= 15 is 0 Å². The Morgan fingerprint density at radius 2 is 1.93 bits per heavy atom.